The van der Waals surface area contributed by atoms with Gasteiger partial charge in [0.1, 0.15) is 11.5 Å². The fourth-order valence-corrected chi connectivity index (χ4v) is 3.37. The van der Waals surface area contributed by atoms with Crippen LogP contribution in [0.15, 0.2) is 72.8 Å². The highest BCUT2D eigenvalue weighted by Crippen LogP contribution is 2.23. The normalized spacial score (nSPS) is 10.6. The van der Waals surface area contributed by atoms with Gasteiger partial charge in [-0.2, -0.15) is 0 Å². The van der Waals surface area contributed by atoms with Crippen molar-refractivity contribution in [3.8, 4) is 23.3 Å². The van der Waals surface area contributed by atoms with Gasteiger partial charge in [0.25, 0.3) is 0 Å². The maximum absolute atomic E-state index is 5.72. The summed E-state index contributed by atoms with van der Waals surface area (Å²) in [6.07, 6.45) is 2.02. The Morgan fingerprint density at radius 1 is 0.533 bits per heavy atom. The third-order valence-electron chi connectivity index (χ3n) is 4.92. The van der Waals surface area contributed by atoms with E-state index in [4.69, 9.17) is 9.47 Å². The second-order valence-electron chi connectivity index (χ2n) is 7.39. The Labute approximate surface area is 178 Å². The van der Waals surface area contributed by atoms with Gasteiger partial charge in [-0.25, -0.2) is 0 Å². The molecule has 4 aromatic rings. The predicted molar refractivity (Wildman–Crippen MR) is 125 cm³/mol. The van der Waals surface area contributed by atoms with Gasteiger partial charge in [-0.05, 0) is 82.9 Å². The summed E-state index contributed by atoms with van der Waals surface area (Å²) in [5.74, 6) is 8.44. The molecule has 150 valence electrons. The molecule has 0 aliphatic heterocycles. The first-order chi connectivity index (χ1) is 14.7. The maximum Gasteiger partial charge on any atom is 0.119 e. The Morgan fingerprint density at radius 3 is 1.37 bits per heavy atom. The number of rotatable bonds is 6. The molecule has 2 heteroatoms. The van der Waals surface area contributed by atoms with Gasteiger partial charge < -0.3 is 9.47 Å². The van der Waals surface area contributed by atoms with Crippen LogP contribution in [-0.2, 0) is 0 Å². The average molecular weight is 395 g/mol. The molecule has 0 amide bonds. The maximum atomic E-state index is 5.72. The number of fused-ring (bicyclic) bond motifs is 2. The van der Waals surface area contributed by atoms with E-state index >= 15 is 0 Å². The summed E-state index contributed by atoms with van der Waals surface area (Å²) < 4.78 is 11.4. The van der Waals surface area contributed by atoms with Crippen molar-refractivity contribution in [2.45, 2.75) is 26.7 Å². The minimum atomic E-state index is 0.744. The fraction of sp³-hybridized carbons (Fsp3) is 0.214. The lowest BCUT2D eigenvalue weighted by atomic mass is 10.0. The molecule has 0 fully saturated rings. The molecular formula is C28H26O2. The highest BCUT2D eigenvalue weighted by Gasteiger charge is 2.00. The number of ether oxygens (including phenoxy) is 2. The zero-order valence-electron chi connectivity index (χ0n) is 17.6. The number of hydrogen-bond donors (Lipinski definition) is 0. The van der Waals surface area contributed by atoms with Crippen molar-refractivity contribution in [2.75, 3.05) is 13.2 Å². The molecule has 0 unspecified atom stereocenters. The molecule has 0 aromatic heterocycles. The molecule has 0 bridgehead atoms. The lowest BCUT2D eigenvalue weighted by Gasteiger charge is -2.06. The third-order valence-corrected chi connectivity index (χ3v) is 4.92. The van der Waals surface area contributed by atoms with Gasteiger partial charge in [0.15, 0.2) is 0 Å². The van der Waals surface area contributed by atoms with E-state index in [0.29, 0.717) is 0 Å². The molecule has 0 aliphatic carbocycles. The minimum Gasteiger partial charge on any atom is -0.494 e. The molecule has 0 aliphatic rings. The monoisotopic (exact) mass is 394 g/mol. The first kappa shape index (κ1) is 19.9. The van der Waals surface area contributed by atoms with E-state index in [1.807, 2.05) is 12.1 Å². The molecule has 0 heterocycles. The van der Waals surface area contributed by atoms with Crippen molar-refractivity contribution in [1.82, 2.24) is 0 Å². The van der Waals surface area contributed by atoms with Crippen LogP contribution in [0.4, 0.5) is 0 Å². The smallest absolute Gasteiger partial charge is 0.119 e. The van der Waals surface area contributed by atoms with Gasteiger partial charge in [0, 0.05) is 11.1 Å². The van der Waals surface area contributed by atoms with Crippen LogP contribution in [0.2, 0.25) is 0 Å². The SMILES string of the molecule is CCCOc1ccc2cc(C#Cc3ccc4cc(OCCC)ccc4c3)ccc2c1. The molecule has 0 N–H and O–H groups in total. The largest absolute Gasteiger partial charge is 0.494 e. The second-order valence-corrected chi connectivity index (χ2v) is 7.39. The highest BCUT2D eigenvalue weighted by molar-refractivity contribution is 5.86. The van der Waals surface area contributed by atoms with Crippen LogP contribution in [0.3, 0.4) is 0 Å². The van der Waals surface area contributed by atoms with Crippen molar-refractivity contribution in [2.24, 2.45) is 0 Å². The summed E-state index contributed by atoms with van der Waals surface area (Å²) in [5, 5.41) is 4.68. The van der Waals surface area contributed by atoms with Gasteiger partial charge in [0.05, 0.1) is 13.2 Å². The topological polar surface area (TPSA) is 18.5 Å². The van der Waals surface area contributed by atoms with Gasteiger partial charge in [-0.15, -0.1) is 0 Å². The van der Waals surface area contributed by atoms with E-state index in [2.05, 4.69) is 86.4 Å². The fourth-order valence-electron chi connectivity index (χ4n) is 3.37. The molecule has 0 radical (unpaired) electrons. The summed E-state index contributed by atoms with van der Waals surface area (Å²) in [5.41, 5.74) is 2.02. The van der Waals surface area contributed by atoms with Gasteiger partial charge in [0.2, 0.25) is 0 Å². The number of hydrogen-bond acceptors (Lipinski definition) is 2. The van der Waals surface area contributed by atoms with Crippen LogP contribution in [0.25, 0.3) is 21.5 Å². The molecule has 30 heavy (non-hydrogen) atoms. The van der Waals surface area contributed by atoms with Crippen molar-refractivity contribution >= 4 is 21.5 Å². The van der Waals surface area contributed by atoms with E-state index in [0.717, 1.165) is 48.7 Å². The lowest BCUT2D eigenvalue weighted by Crippen LogP contribution is -1.94. The molecule has 0 spiro atoms. The summed E-state index contributed by atoms with van der Waals surface area (Å²) in [6, 6.07) is 25.0. The summed E-state index contributed by atoms with van der Waals surface area (Å²) in [4.78, 5) is 0. The molecule has 0 atom stereocenters. The average Bonchev–Trinajstić information content (AvgIpc) is 2.79. The predicted octanol–water partition coefficient (Wildman–Crippen LogP) is 6.97. The van der Waals surface area contributed by atoms with E-state index in [1.165, 1.54) is 21.5 Å². The van der Waals surface area contributed by atoms with E-state index in [-0.39, 0.29) is 0 Å². The second kappa shape index (κ2) is 9.37. The van der Waals surface area contributed by atoms with Crippen molar-refractivity contribution in [3.05, 3.63) is 83.9 Å². The van der Waals surface area contributed by atoms with Crippen LogP contribution in [0.1, 0.15) is 37.8 Å². The quantitative estimate of drug-likeness (QED) is 0.329. The zero-order valence-corrected chi connectivity index (χ0v) is 17.6. The Kier molecular flexibility index (Phi) is 6.20. The van der Waals surface area contributed by atoms with Crippen molar-refractivity contribution in [1.29, 1.82) is 0 Å². The van der Waals surface area contributed by atoms with E-state index < -0.39 is 0 Å². The zero-order chi connectivity index (χ0) is 20.8. The Morgan fingerprint density at radius 2 is 0.933 bits per heavy atom. The van der Waals surface area contributed by atoms with Gasteiger partial charge in [-0.1, -0.05) is 50.0 Å². The van der Waals surface area contributed by atoms with Crippen LogP contribution in [0.5, 0.6) is 11.5 Å². The first-order valence-electron chi connectivity index (χ1n) is 10.6. The lowest BCUT2D eigenvalue weighted by molar-refractivity contribution is 0.318. The van der Waals surface area contributed by atoms with Gasteiger partial charge >= 0.3 is 0 Å². The molecular weight excluding hydrogens is 368 g/mol. The Bertz CT molecular complexity index is 1130. The molecule has 4 aromatic carbocycles. The van der Waals surface area contributed by atoms with Crippen molar-refractivity contribution < 1.29 is 9.47 Å². The van der Waals surface area contributed by atoms with Crippen LogP contribution < -0.4 is 9.47 Å². The number of benzene rings is 4. The van der Waals surface area contributed by atoms with Crippen LogP contribution in [-0.4, -0.2) is 13.2 Å². The Balaban J connectivity index is 1.54. The van der Waals surface area contributed by atoms with E-state index in [9.17, 15) is 0 Å². The summed E-state index contributed by atoms with van der Waals surface area (Å²) >= 11 is 0. The third kappa shape index (κ3) is 4.75. The Hall–Kier alpha value is -3.44. The molecule has 2 nitrogen and oxygen atoms in total. The first-order valence-corrected chi connectivity index (χ1v) is 10.6. The summed E-state index contributed by atoms with van der Waals surface area (Å²) in [7, 11) is 0. The highest BCUT2D eigenvalue weighted by atomic mass is 16.5. The van der Waals surface area contributed by atoms with Crippen molar-refractivity contribution in [3.63, 3.8) is 0 Å². The van der Waals surface area contributed by atoms with Crippen LogP contribution in [0, 0.1) is 11.8 Å². The molecule has 0 saturated carbocycles. The summed E-state index contributed by atoms with van der Waals surface area (Å²) in [6.45, 7) is 5.71. The molecule has 4 rings (SSSR count). The molecule has 0 saturated heterocycles. The van der Waals surface area contributed by atoms with Crippen LogP contribution >= 0.6 is 0 Å². The standard InChI is InChI=1S/C28H26O2/c1-3-15-29-27-13-11-23-17-21(7-9-25(23)19-27)5-6-22-8-10-26-20-28(30-16-4-2)14-12-24(26)18-22/h7-14,17-20H,3-4,15-16H2,1-2H3. The minimum absolute atomic E-state index is 0.744. The van der Waals surface area contributed by atoms with Gasteiger partial charge in [-0.3, -0.25) is 0 Å². The van der Waals surface area contributed by atoms with E-state index in [1.54, 1.807) is 0 Å².